The van der Waals surface area contributed by atoms with Crippen LogP contribution in [0.3, 0.4) is 0 Å². The Kier molecular flexibility index (Phi) is 5.73. The van der Waals surface area contributed by atoms with Crippen LogP contribution in [-0.4, -0.2) is 26.5 Å². The Hall–Kier alpha value is -1.47. The molecule has 3 nitrogen and oxygen atoms in total. The van der Waals surface area contributed by atoms with Crippen LogP contribution < -0.4 is 4.74 Å². The van der Waals surface area contributed by atoms with Gasteiger partial charge in [0.2, 0.25) is 0 Å². The van der Waals surface area contributed by atoms with Crippen LogP contribution in [0, 0.1) is 12.3 Å². The van der Waals surface area contributed by atoms with Crippen molar-refractivity contribution in [1.29, 1.82) is 0 Å². The van der Waals surface area contributed by atoms with E-state index in [9.17, 15) is 8.42 Å². The minimum atomic E-state index is -3.11. The Bertz CT molecular complexity index is 495. The van der Waals surface area contributed by atoms with Gasteiger partial charge in [-0.2, -0.15) is 0 Å². The van der Waals surface area contributed by atoms with Crippen LogP contribution in [0.25, 0.3) is 0 Å². The van der Waals surface area contributed by atoms with Crippen molar-refractivity contribution in [2.45, 2.75) is 19.8 Å². The Morgan fingerprint density at radius 1 is 1.28 bits per heavy atom. The molecule has 0 radical (unpaired) electrons. The van der Waals surface area contributed by atoms with Crippen LogP contribution >= 0.6 is 0 Å². The number of ether oxygens (including phenoxy) is 1. The van der Waals surface area contributed by atoms with Crippen molar-refractivity contribution < 1.29 is 13.2 Å². The van der Waals surface area contributed by atoms with Crippen LogP contribution in [-0.2, 0) is 16.3 Å². The van der Waals surface area contributed by atoms with Gasteiger partial charge in [0.15, 0.2) is 9.84 Å². The van der Waals surface area contributed by atoms with Gasteiger partial charge in [0.05, 0.1) is 12.4 Å². The monoisotopic (exact) mass is 266 g/mol. The molecule has 0 bridgehead atoms. The minimum absolute atomic E-state index is 0.0737. The van der Waals surface area contributed by atoms with E-state index < -0.39 is 9.84 Å². The third-order valence-corrected chi connectivity index (χ3v) is 4.02. The number of benzene rings is 1. The molecule has 1 rings (SSSR count). The van der Waals surface area contributed by atoms with Crippen molar-refractivity contribution in [3.8, 4) is 18.1 Å². The van der Waals surface area contributed by atoms with Gasteiger partial charge in [-0.25, -0.2) is 8.42 Å². The zero-order valence-electron chi connectivity index (χ0n) is 10.6. The van der Waals surface area contributed by atoms with Gasteiger partial charge in [-0.1, -0.05) is 25.0 Å². The maximum absolute atomic E-state index is 11.3. The average Bonchev–Trinajstić information content (AvgIpc) is 2.35. The van der Waals surface area contributed by atoms with E-state index in [1.807, 2.05) is 24.3 Å². The fourth-order valence-corrected chi connectivity index (χ4v) is 2.45. The van der Waals surface area contributed by atoms with Crippen molar-refractivity contribution in [2.24, 2.45) is 0 Å². The zero-order valence-corrected chi connectivity index (χ0v) is 11.4. The zero-order chi connectivity index (χ0) is 13.4. The summed E-state index contributed by atoms with van der Waals surface area (Å²) in [5, 5.41) is 0. The number of aryl methyl sites for hydroxylation is 1. The summed E-state index contributed by atoms with van der Waals surface area (Å²) in [5.41, 5.74) is 1.25. The third kappa shape index (κ3) is 5.24. The molecule has 4 heteroatoms. The smallest absolute Gasteiger partial charge is 0.161 e. The normalized spacial score (nSPS) is 10.9. The molecular weight excluding hydrogens is 248 g/mol. The standard InChI is InChI=1S/C14H18O3S/c1-3-11-18(15,16)12-5-10-17-14-8-6-13(4-2)7-9-14/h1,6-9H,4-5,10-12H2,2H3. The number of hydrogen-bond acceptors (Lipinski definition) is 3. The van der Waals surface area contributed by atoms with Crippen molar-refractivity contribution in [3.05, 3.63) is 29.8 Å². The van der Waals surface area contributed by atoms with E-state index in [2.05, 4.69) is 12.8 Å². The Morgan fingerprint density at radius 3 is 2.50 bits per heavy atom. The predicted molar refractivity (Wildman–Crippen MR) is 73.4 cm³/mol. The molecule has 0 spiro atoms. The molecule has 0 aliphatic heterocycles. The second-order valence-electron chi connectivity index (χ2n) is 4.00. The second kappa shape index (κ2) is 7.07. The molecule has 0 heterocycles. The summed E-state index contributed by atoms with van der Waals surface area (Å²) in [6.45, 7) is 2.47. The van der Waals surface area contributed by atoms with Crippen LogP contribution in [0.2, 0.25) is 0 Å². The first-order valence-corrected chi connectivity index (χ1v) is 7.75. The van der Waals surface area contributed by atoms with E-state index in [1.165, 1.54) is 5.56 Å². The number of rotatable bonds is 7. The van der Waals surface area contributed by atoms with E-state index in [-0.39, 0.29) is 11.5 Å². The van der Waals surface area contributed by atoms with E-state index in [0.717, 1.165) is 12.2 Å². The summed E-state index contributed by atoms with van der Waals surface area (Å²) in [7, 11) is -3.11. The highest BCUT2D eigenvalue weighted by molar-refractivity contribution is 7.91. The summed E-state index contributed by atoms with van der Waals surface area (Å²) in [5.74, 6) is 2.79. The van der Waals surface area contributed by atoms with Gasteiger partial charge in [0.25, 0.3) is 0 Å². The highest BCUT2D eigenvalue weighted by Gasteiger charge is 2.08. The van der Waals surface area contributed by atoms with Crippen molar-refractivity contribution in [2.75, 3.05) is 18.1 Å². The fourth-order valence-electron chi connectivity index (χ4n) is 1.49. The van der Waals surface area contributed by atoms with Crippen molar-refractivity contribution >= 4 is 9.84 Å². The van der Waals surface area contributed by atoms with Gasteiger partial charge >= 0.3 is 0 Å². The Balaban J connectivity index is 2.32. The molecule has 1 aromatic carbocycles. The van der Waals surface area contributed by atoms with Crippen molar-refractivity contribution in [3.63, 3.8) is 0 Å². The Morgan fingerprint density at radius 2 is 1.94 bits per heavy atom. The summed E-state index contributed by atoms with van der Waals surface area (Å²) < 4.78 is 28.1. The third-order valence-electron chi connectivity index (χ3n) is 2.50. The van der Waals surface area contributed by atoms with Gasteiger partial charge < -0.3 is 4.74 Å². The van der Waals surface area contributed by atoms with Crippen LogP contribution in [0.5, 0.6) is 5.75 Å². The van der Waals surface area contributed by atoms with E-state index in [4.69, 9.17) is 11.2 Å². The van der Waals surface area contributed by atoms with E-state index in [0.29, 0.717) is 13.0 Å². The fraction of sp³-hybridized carbons (Fsp3) is 0.429. The summed E-state index contributed by atoms with van der Waals surface area (Å²) >= 11 is 0. The first kappa shape index (κ1) is 14.6. The van der Waals surface area contributed by atoms with Crippen LogP contribution in [0.15, 0.2) is 24.3 Å². The maximum atomic E-state index is 11.3. The molecular formula is C14H18O3S. The quantitative estimate of drug-likeness (QED) is 0.560. The molecule has 0 atom stereocenters. The first-order valence-electron chi connectivity index (χ1n) is 5.93. The lowest BCUT2D eigenvalue weighted by Crippen LogP contribution is -2.12. The second-order valence-corrected chi connectivity index (χ2v) is 6.18. The molecule has 0 aliphatic carbocycles. The van der Waals surface area contributed by atoms with Gasteiger partial charge in [0, 0.05) is 0 Å². The van der Waals surface area contributed by atoms with Gasteiger partial charge in [-0.05, 0) is 30.5 Å². The molecule has 1 aromatic rings. The lowest BCUT2D eigenvalue weighted by molar-refractivity contribution is 0.317. The molecule has 0 saturated carbocycles. The largest absolute Gasteiger partial charge is 0.494 e. The Labute approximate surface area is 109 Å². The summed E-state index contributed by atoms with van der Waals surface area (Å²) in [6, 6.07) is 7.80. The van der Waals surface area contributed by atoms with Gasteiger partial charge in [-0.15, -0.1) is 6.42 Å². The topological polar surface area (TPSA) is 43.4 Å². The summed E-state index contributed by atoms with van der Waals surface area (Å²) in [6.07, 6.45) is 6.43. The first-order chi connectivity index (χ1) is 8.57. The molecule has 0 fully saturated rings. The van der Waals surface area contributed by atoms with Crippen LogP contribution in [0.4, 0.5) is 0 Å². The number of terminal acetylenes is 1. The van der Waals surface area contributed by atoms with Gasteiger partial charge in [0.1, 0.15) is 11.5 Å². The highest BCUT2D eigenvalue weighted by Crippen LogP contribution is 2.12. The molecule has 0 unspecified atom stereocenters. The molecule has 0 amide bonds. The lowest BCUT2D eigenvalue weighted by atomic mass is 10.2. The van der Waals surface area contributed by atoms with E-state index >= 15 is 0 Å². The van der Waals surface area contributed by atoms with Crippen LogP contribution in [0.1, 0.15) is 18.9 Å². The number of sulfone groups is 1. The average molecular weight is 266 g/mol. The maximum Gasteiger partial charge on any atom is 0.161 e. The lowest BCUT2D eigenvalue weighted by Gasteiger charge is -2.06. The molecule has 98 valence electrons. The molecule has 0 N–H and O–H groups in total. The molecule has 18 heavy (non-hydrogen) atoms. The molecule has 0 aromatic heterocycles. The number of hydrogen-bond donors (Lipinski definition) is 0. The molecule has 0 aliphatic rings. The highest BCUT2D eigenvalue weighted by atomic mass is 32.2. The van der Waals surface area contributed by atoms with Gasteiger partial charge in [-0.3, -0.25) is 0 Å². The minimum Gasteiger partial charge on any atom is -0.494 e. The predicted octanol–water partition coefficient (Wildman–Crippen LogP) is 2.07. The molecule has 0 saturated heterocycles. The van der Waals surface area contributed by atoms with Crippen molar-refractivity contribution in [1.82, 2.24) is 0 Å². The SMILES string of the molecule is C#CCS(=O)(=O)CCCOc1ccc(CC)cc1. The van der Waals surface area contributed by atoms with E-state index in [1.54, 1.807) is 0 Å². The summed E-state index contributed by atoms with van der Waals surface area (Å²) in [4.78, 5) is 0.